The van der Waals surface area contributed by atoms with E-state index in [1.165, 1.54) is 0 Å². The molecule has 0 fully saturated rings. The molecular formula is C22H29ClN6O4. The van der Waals surface area contributed by atoms with Crippen molar-refractivity contribution in [2.75, 3.05) is 27.8 Å². The summed E-state index contributed by atoms with van der Waals surface area (Å²) in [5.41, 5.74) is 2.88. The van der Waals surface area contributed by atoms with E-state index in [1.54, 1.807) is 26.6 Å². The third-order valence-corrected chi connectivity index (χ3v) is 5.28. The largest absolute Gasteiger partial charge is 0.371 e. The highest BCUT2D eigenvalue weighted by Crippen LogP contribution is 2.34. The predicted molar refractivity (Wildman–Crippen MR) is 124 cm³/mol. The number of rotatable bonds is 8. The summed E-state index contributed by atoms with van der Waals surface area (Å²) < 4.78 is 19.2. The molecule has 10 nitrogen and oxygen atoms in total. The number of nitrogens with zero attached hydrogens (tertiary/aromatic N) is 5. The van der Waals surface area contributed by atoms with Crippen LogP contribution in [0.1, 0.15) is 35.9 Å². The predicted octanol–water partition coefficient (Wildman–Crippen LogP) is 2.71. The van der Waals surface area contributed by atoms with Gasteiger partial charge >= 0.3 is 0 Å². The van der Waals surface area contributed by atoms with E-state index in [9.17, 15) is 4.79 Å². The first-order valence-electron chi connectivity index (χ1n) is 10.5. The van der Waals surface area contributed by atoms with E-state index in [-0.39, 0.29) is 12.4 Å². The van der Waals surface area contributed by atoms with Crippen molar-refractivity contribution < 1.29 is 19.0 Å². The monoisotopic (exact) mass is 476 g/mol. The second-order valence-electron chi connectivity index (χ2n) is 7.57. The number of nitrogens with one attached hydrogen (secondary N) is 1. The van der Waals surface area contributed by atoms with Gasteiger partial charge in [-0.15, -0.1) is 10.2 Å². The van der Waals surface area contributed by atoms with Crippen molar-refractivity contribution >= 4 is 17.9 Å². The molecule has 2 aromatic heterocycles. The van der Waals surface area contributed by atoms with E-state index in [2.05, 4.69) is 20.5 Å². The maximum absolute atomic E-state index is 11.4. The van der Waals surface area contributed by atoms with E-state index in [1.807, 2.05) is 42.2 Å². The smallest absolute Gasteiger partial charge is 0.170 e. The molecule has 3 heterocycles. The number of aromatic nitrogens is 5. The van der Waals surface area contributed by atoms with Crippen molar-refractivity contribution in [2.45, 2.75) is 39.4 Å². The second-order valence-corrected chi connectivity index (χ2v) is 8.01. The van der Waals surface area contributed by atoms with Crippen LogP contribution in [0.2, 0.25) is 5.02 Å². The quantitative estimate of drug-likeness (QED) is 0.305. The SMILES string of the molecule is CC(C)OCc1nnc2n1Cc1c(C=O)ncn1-c1ccc(Cl)cc1-2.CNCC(OC)OC. The van der Waals surface area contributed by atoms with Gasteiger partial charge in [-0.1, -0.05) is 11.6 Å². The minimum atomic E-state index is -0.111. The van der Waals surface area contributed by atoms with E-state index >= 15 is 0 Å². The number of methoxy groups -OCH3 is 2. The molecule has 1 aliphatic rings. The first-order chi connectivity index (χ1) is 15.9. The van der Waals surface area contributed by atoms with Crippen molar-refractivity contribution in [1.82, 2.24) is 29.6 Å². The van der Waals surface area contributed by atoms with Crippen LogP contribution in [0, 0.1) is 0 Å². The Kier molecular flexibility index (Phi) is 8.70. The number of fused-ring (bicyclic) bond motifs is 5. The maximum Gasteiger partial charge on any atom is 0.170 e. The molecule has 3 aromatic rings. The van der Waals surface area contributed by atoms with Gasteiger partial charge < -0.3 is 24.1 Å². The first-order valence-corrected chi connectivity index (χ1v) is 10.9. The van der Waals surface area contributed by atoms with Gasteiger partial charge in [0.1, 0.15) is 18.6 Å². The third-order valence-electron chi connectivity index (χ3n) is 5.05. The molecule has 0 bridgehead atoms. The van der Waals surface area contributed by atoms with Gasteiger partial charge in [0.15, 0.2) is 24.2 Å². The number of imidazole rings is 1. The zero-order valence-electron chi connectivity index (χ0n) is 19.4. The van der Waals surface area contributed by atoms with E-state index in [0.717, 1.165) is 29.8 Å². The van der Waals surface area contributed by atoms with Gasteiger partial charge in [-0.25, -0.2) is 4.98 Å². The highest BCUT2D eigenvalue weighted by atomic mass is 35.5. The highest BCUT2D eigenvalue weighted by molar-refractivity contribution is 6.31. The van der Waals surface area contributed by atoms with Gasteiger partial charge in [0, 0.05) is 31.4 Å². The standard InChI is InChI=1S/C17H16ClN5O2.C5H13NO2/c1-10(2)25-8-16-20-21-17-12-5-11(18)3-4-14(12)23-9-19-13(7-24)15(23)6-22(16)17;1-6-4-5(7-2)8-3/h3-5,7,9-10H,6,8H2,1-2H3;5-6H,4H2,1-3H3. The Morgan fingerprint density at radius 3 is 2.61 bits per heavy atom. The van der Waals surface area contributed by atoms with Gasteiger partial charge in [0.2, 0.25) is 0 Å². The summed E-state index contributed by atoms with van der Waals surface area (Å²) in [5.74, 6) is 1.39. The van der Waals surface area contributed by atoms with Crippen LogP contribution < -0.4 is 5.32 Å². The maximum atomic E-state index is 11.4. The Balaban J connectivity index is 0.000000331. The number of carbonyl (C=O) groups excluding carboxylic acids is 1. The summed E-state index contributed by atoms with van der Waals surface area (Å²) in [6, 6.07) is 5.55. The zero-order chi connectivity index (χ0) is 24.0. The topological polar surface area (TPSA) is 105 Å². The van der Waals surface area contributed by atoms with Crippen LogP contribution in [0.25, 0.3) is 17.1 Å². The van der Waals surface area contributed by atoms with Gasteiger partial charge in [0.05, 0.1) is 24.0 Å². The minimum absolute atomic E-state index is 0.0801. The molecule has 0 atom stereocenters. The highest BCUT2D eigenvalue weighted by Gasteiger charge is 2.26. The fourth-order valence-electron chi connectivity index (χ4n) is 3.38. The third kappa shape index (κ3) is 5.66. The van der Waals surface area contributed by atoms with Gasteiger partial charge in [-0.2, -0.15) is 0 Å². The number of ether oxygens (including phenoxy) is 3. The molecule has 1 aromatic carbocycles. The van der Waals surface area contributed by atoms with Crippen molar-refractivity contribution in [2.24, 2.45) is 0 Å². The van der Waals surface area contributed by atoms with Crippen LogP contribution in [-0.2, 0) is 27.4 Å². The van der Waals surface area contributed by atoms with E-state index in [4.69, 9.17) is 25.8 Å². The molecule has 1 N–H and O–H groups in total. The molecule has 0 aliphatic carbocycles. The molecule has 0 radical (unpaired) electrons. The number of hydrogen-bond acceptors (Lipinski definition) is 8. The second kappa shape index (κ2) is 11.5. The van der Waals surface area contributed by atoms with Gasteiger partial charge in [-0.05, 0) is 39.1 Å². The van der Waals surface area contributed by atoms with Crippen molar-refractivity contribution in [1.29, 1.82) is 0 Å². The molecule has 0 saturated heterocycles. The fourth-order valence-corrected chi connectivity index (χ4v) is 3.55. The van der Waals surface area contributed by atoms with Crippen molar-refractivity contribution in [3.8, 4) is 17.1 Å². The summed E-state index contributed by atoms with van der Waals surface area (Å²) in [6.45, 7) is 5.43. The van der Waals surface area contributed by atoms with Crippen LogP contribution in [0.5, 0.6) is 0 Å². The molecule has 0 unspecified atom stereocenters. The lowest BCUT2D eigenvalue weighted by atomic mass is 10.1. The van der Waals surface area contributed by atoms with Crippen LogP contribution >= 0.6 is 11.6 Å². The number of halogens is 1. The summed E-state index contributed by atoms with van der Waals surface area (Å²) >= 11 is 6.20. The Hall–Kier alpha value is -2.63. The van der Waals surface area contributed by atoms with Crippen molar-refractivity contribution in [3.05, 3.63) is 46.8 Å². The lowest BCUT2D eigenvalue weighted by molar-refractivity contribution is -0.0978. The number of carbonyl (C=O) groups is 1. The van der Waals surface area contributed by atoms with Crippen LogP contribution in [0.3, 0.4) is 0 Å². The Labute approximate surface area is 197 Å². The van der Waals surface area contributed by atoms with E-state index < -0.39 is 0 Å². The summed E-state index contributed by atoms with van der Waals surface area (Å²) in [4.78, 5) is 15.6. The van der Waals surface area contributed by atoms with Crippen LogP contribution in [-0.4, -0.2) is 70.8 Å². The van der Waals surface area contributed by atoms with Gasteiger partial charge in [-0.3, -0.25) is 9.36 Å². The molecule has 178 valence electrons. The van der Waals surface area contributed by atoms with Gasteiger partial charge in [0.25, 0.3) is 0 Å². The summed E-state index contributed by atoms with van der Waals surface area (Å²) in [7, 11) is 5.09. The molecule has 1 aliphatic heterocycles. The van der Waals surface area contributed by atoms with E-state index in [0.29, 0.717) is 35.5 Å². The Morgan fingerprint density at radius 2 is 2.00 bits per heavy atom. The average molecular weight is 477 g/mol. The Bertz CT molecular complexity index is 1080. The molecular weight excluding hydrogens is 448 g/mol. The van der Waals surface area contributed by atoms with Crippen molar-refractivity contribution in [3.63, 3.8) is 0 Å². The first kappa shape index (κ1) is 25.0. The molecule has 0 saturated carbocycles. The molecule has 0 amide bonds. The fraction of sp³-hybridized carbons (Fsp3) is 0.455. The number of benzene rings is 1. The molecule has 33 heavy (non-hydrogen) atoms. The van der Waals surface area contributed by atoms with Crippen LogP contribution in [0.15, 0.2) is 24.5 Å². The minimum Gasteiger partial charge on any atom is -0.371 e. The Morgan fingerprint density at radius 1 is 1.24 bits per heavy atom. The van der Waals surface area contributed by atoms with Crippen LogP contribution in [0.4, 0.5) is 0 Å². The molecule has 4 rings (SSSR count). The number of likely N-dealkylation sites (N-methyl/N-ethyl adjacent to an activating group) is 1. The number of hydrogen-bond donors (Lipinski definition) is 1. The average Bonchev–Trinajstić information content (AvgIpc) is 3.37. The normalized spacial score (nSPS) is 12.0. The zero-order valence-corrected chi connectivity index (χ0v) is 20.2. The number of aldehydes is 1. The molecule has 11 heteroatoms. The molecule has 0 spiro atoms. The summed E-state index contributed by atoms with van der Waals surface area (Å²) in [5, 5.41) is 12.2. The lowest BCUT2D eigenvalue weighted by Crippen LogP contribution is -2.26. The summed E-state index contributed by atoms with van der Waals surface area (Å²) in [6.07, 6.45) is 2.38. The lowest BCUT2D eigenvalue weighted by Gasteiger charge is -2.11.